The van der Waals surface area contributed by atoms with Crippen LogP contribution in [-0.2, 0) is 13.5 Å². The Balaban J connectivity index is 0.00000300. The van der Waals surface area contributed by atoms with Crippen LogP contribution in [0.5, 0.6) is 0 Å². The van der Waals surface area contributed by atoms with Gasteiger partial charge in [-0.25, -0.2) is 4.39 Å². The minimum atomic E-state index is -0.317. The third kappa shape index (κ3) is 7.02. The Morgan fingerprint density at radius 2 is 2.24 bits per heavy atom. The first-order valence-electron chi connectivity index (χ1n) is 9.77. The fourth-order valence-corrected chi connectivity index (χ4v) is 3.69. The van der Waals surface area contributed by atoms with Gasteiger partial charge in [-0.3, -0.25) is 9.67 Å². The van der Waals surface area contributed by atoms with Crippen LogP contribution in [0.1, 0.15) is 25.3 Å². The molecule has 0 amide bonds. The molecule has 2 aromatic rings. The van der Waals surface area contributed by atoms with Crippen molar-refractivity contribution in [2.75, 3.05) is 31.1 Å². The van der Waals surface area contributed by atoms with Crippen molar-refractivity contribution in [3.05, 3.63) is 47.0 Å². The second-order valence-electron chi connectivity index (χ2n) is 7.05. The zero-order valence-corrected chi connectivity index (χ0v) is 20.0. The molecule has 1 atom stereocenters. The largest absolute Gasteiger partial charge is 0.367 e. The Kier molecular flexibility index (Phi) is 9.48. The van der Waals surface area contributed by atoms with Crippen molar-refractivity contribution in [3.63, 3.8) is 0 Å². The van der Waals surface area contributed by atoms with Gasteiger partial charge in [0.25, 0.3) is 0 Å². The van der Waals surface area contributed by atoms with Crippen molar-refractivity contribution in [1.82, 2.24) is 20.4 Å². The van der Waals surface area contributed by atoms with Crippen LogP contribution < -0.4 is 15.5 Å². The maximum atomic E-state index is 13.2. The topological polar surface area (TPSA) is 57.5 Å². The third-order valence-electron chi connectivity index (χ3n) is 4.83. The van der Waals surface area contributed by atoms with E-state index in [0.29, 0.717) is 24.0 Å². The van der Waals surface area contributed by atoms with E-state index in [2.05, 4.69) is 32.5 Å². The van der Waals surface area contributed by atoms with Gasteiger partial charge in [-0.05, 0) is 43.9 Å². The molecule has 9 heteroatoms. The molecule has 160 valence electrons. The van der Waals surface area contributed by atoms with Gasteiger partial charge >= 0.3 is 0 Å². The van der Waals surface area contributed by atoms with Crippen molar-refractivity contribution in [2.45, 2.75) is 32.2 Å². The van der Waals surface area contributed by atoms with E-state index in [1.807, 2.05) is 24.1 Å². The summed E-state index contributed by atoms with van der Waals surface area (Å²) < 4.78 is 15.0. The highest BCUT2D eigenvalue weighted by Gasteiger charge is 2.21. The molecule has 6 nitrogen and oxygen atoms in total. The first-order valence-corrected chi connectivity index (χ1v) is 10.2. The summed E-state index contributed by atoms with van der Waals surface area (Å²) in [6.07, 6.45) is 6.85. The van der Waals surface area contributed by atoms with Crippen LogP contribution >= 0.6 is 35.6 Å². The molecule has 29 heavy (non-hydrogen) atoms. The Labute approximate surface area is 193 Å². The minimum Gasteiger partial charge on any atom is -0.367 e. The number of aliphatic imine (C=N–C) groups is 1. The fourth-order valence-electron chi connectivity index (χ4n) is 3.43. The van der Waals surface area contributed by atoms with Crippen LogP contribution in [0.4, 0.5) is 10.1 Å². The lowest BCUT2D eigenvalue weighted by atomic mass is 10.1. The summed E-state index contributed by atoms with van der Waals surface area (Å²) in [5, 5.41) is 11.6. The monoisotopic (exact) mass is 534 g/mol. The van der Waals surface area contributed by atoms with Gasteiger partial charge in [0.15, 0.2) is 5.96 Å². The van der Waals surface area contributed by atoms with Crippen LogP contribution in [-0.4, -0.2) is 48.0 Å². The lowest BCUT2D eigenvalue weighted by molar-refractivity contribution is 0.468. The number of hydrogen-bond donors (Lipinski definition) is 2. The molecule has 1 aromatic heterocycles. The molecule has 1 fully saturated rings. The van der Waals surface area contributed by atoms with Crippen molar-refractivity contribution >= 4 is 47.2 Å². The number of hydrogen-bond acceptors (Lipinski definition) is 3. The van der Waals surface area contributed by atoms with E-state index in [0.717, 1.165) is 49.7 Å². The summed E-state index contributed by atoms with van der Waals surface area (Å²) >= 11 is 6.11. The average Bonchev–Trinajstić information content (AvgIpc) is 3.10. The molecule has 1 saturated heterocycles. The number of piperidine rings is 1. The van der Waals surface area contributed by atoms with Gasteiger partial charge in [0.2, 0.25) is 0 Å². The quantitative estimate of drug-likeness (QED) is 0.338. The highest BCUT2D eigenvalue weighted by molar-refractivity contribution is 14.0. The molecule has 0 spiro atoms. The summed E-state index contributed by atoms with van der Waals surface area (Å²) in [6.45, 7) is 5.39. The van der Waals surface area contributed by atoms with Gasteiger partial charge in [0.05, 0.1) is 11.9 Å². The lowest BCUT2D eigenvalue weighted by Crippen LogP contribution is -2.51. The highest BCUT2D eigenvalue weighted by atomic mass is 127. The second-order valence-corrected chi connectivity index (χ2v) is 7.46. The van der Waals surface area contributed by atoms with E-state index < -0.39 is 0 Å². The number of aryl methyl sites for hydroxylation is 1. The molecule has 0 bridgehead atoms. The summed E-state index contributed by atoms with van der Waals surface area (Å²) in [4.78, 5) is 7.03. The van der Waals surface area contributed by atoms with E-state index in [4.69, 9.17) is 11.6 Å². The van der Waals surface area contributed by atoms with Gasteiger partial charge in [0, 0.05) is 50.5 Å². The van der Waals surface area contributed by atoms with E-state index in [1.165, 1.54) is 12.1 Å². The van der Waals surface area contributed by atoms with Crippen LogP contribution in [0.2, 0.25) is 5.02 Å². The van der Waals surface area contributed by atoms with Gasteiger partial charge < -0.3 is 15.5 Å². The van der Waals surface area contributed by atoms with Crippen LogP contribution in [0.15, 0.2) is 35.6 Å². The summed E-state index contributed by atoms with van der Waals surface area (Å²) in [7, 11) is 1.94. The van der Waals surface area contributed by atoms with E-state index in [-0.39, 0.29) is 29.8 Å². The predicted molar refractivity (Wildman–Crippen MR) is 128 cm³/mol. The van der Waals surface area contributed by atoms with Crippen LogP contribution in [0.25, 0.3) is 0 Å². The number of halogens is 3. The van der Waals surface area contributed by atoms with Crippen LogP contribution in [0, 0.1) is 5.82 Å². The Morgan fingerprint density at radius 1 is 1.41 bits per heavy atom. The second kappa shape index (κ2) is 11.6. The standard InChI is InChI=1S/C20H28ClFN6.HI/c1-3-23-20(24-9-8-15-6-7-16(22)11-19(15)21)26-17-5-4-10-28(13-17)18-12-25-27(2)14-18;/h6-7,11-12,14,17H,3-5,8-10,13H2,1-2H3,(H2,23,24,26);1H. The molecule has 0 radical (unpaired) electrons. The van der Waals surface area contributed by atoms with Crippen molar-refractivity contribution in [1.29, 1.82) is 0 Å². The summed E-state index contributed by atoms with van der Waals surface area (Å²) in [5.41, 5.74) is 2.06. The summed E-state index contributed by atoms with van der Waals surface area (Å²) in [5.74, 6) is 0.487. The first-order chi connectivity index (χ1) is 13.5. The molecular formula is C20H29ClFIN6. The molecular weight excluding hydrogens is 506 g/mol. The SMILES string of the molecule is CCNC(=NCCc1ccc(F)cc1Cl)NC1CCCN(c2cnn(C)c2)C1.I. The molecule has 1 aliphatic heterocycles. The number of nitrogens with one attached hydrogen (secondary N) is 2. The normalized spacial score (nSPS) is 17.0. The van der Waals surface area contributed by atoms with Crippen molar-refractivity contribution < 1.29 is 4.39 Å². The first kappa shape index (κ1) is 23.7. The smallest absolute Gasteiger partial charge is 0.191 e. The molecule has 1 unspecified atom stereocenters. The molecule has 1 aliphatic rings. The molecule has 1 aromatic carbocycles. The van der Waals surface area contributed by atoms with E-state index in [9.17, 15) is 4.39 Å². The van der Waals surface area contributed by atoms with Gasteiger partial charge in [-0.15, -0.1) is 24.0 Å². The fraction of sp³-hybridized carbons (Fsp3) is 0.500. The Hall–Kier alpha value is -1.55. The number of rotatable bonds is 6. The van der Waals surface area contributed by atoms with E-state index >= 15 is 0 Å². The number of anilines is 1. The van der Waals surface area contributed by atoms with Crippen LogP contribution in [0.3, 0.4) is 0 Å². The average molecular weight is 535 g/mol. The maximum absolute atomic E-state index is 13.2. The zero-order chi connectivity index (χ0) is 19.9. The Morgan fingerprint density at radius 3 is 2.93 bits per heavy atom. The van der Waals surface area contributed by atoms with Crippen molar-refractivity contribution in [2.24, 2.45) is 12.0 Å². The molecule has 0 saturated carbocycles. The maximum Gasteiger partial charge on any atom is 0.191 e. The van der Waals surface area contributed by atoms with E-state index in [1.54, 1.807) is 6.07 Å². The lowest BCUT2D eigenvalue weighted by Gasteiger charge is -2.34. The minimum absolute atomic E-state index is 0. The highest BCUT2D eigenvalue weighted by Crippen LogP contribution is 2.19. The van der Waals surface area contributed by atoms with Gasteiger partial charge in [-0.1, -0.05) is 17.7 Å². The predicted octanol–water partition coefficient (Wildman–Crippen LogP) is 3.60. The van der Waals surface area contributed by atoms with Crippen molar-refractivity contribution in [3.8, 4) is 0 Å². The number of nitrogens with zero attached hydrogens (tertiary/aromatic N) is 4. The number of guanidine groups is 1. The molecule has 2 heterocycles. The number of aromatic nitrogens is 2. The zero-order valence-electron chi connectivity index (χ0n) is 16.9. The van der Waals surface area contributed by atoms with Gasteiger partial charge in [0.1, 0.15) is 5.82 Å². The Bertz CT molecular complexity index is 812. The molecule has 3 rings (SSSR count). The third-order valence-corrected chi connectivity index (χ3v) is 5.18. The molecule has 2 N–H and O–H groups in total. The molecule has 0 aliphatic carbocycles. The number of benzene rings is 1. The van der Waals surface area contributed by atoms with Gasteiger partial charge in [-0.2, -0.15) is 5.10 Å². The summed E-state index contributed by atoms with van der Waals surface area (Å²) in [6, 6.07) is 4.82.